The van der Waals surface area contributed by atoms with Gasteiger partial charge in [0.25, 0.3) is 0 Å². The summed E-state index contributed by atoms with van der Waals surface area (Å²) in [7, 11) is 1.86. The van der Waals surface area contributed by atoms with Crippen molar-refractivity contribution in [3.05, 3.63) is 0 Å². The Balaban J connectivity index is 2.46. The molecule has 0 bridgehead atoms. The summed E-state index contributed by atoms with van der Waals surface area (Å²) < 4.78 is 0. The van der Waals surface area contributed by atoms with Gasteiger partial charge in [-0.1, -0.05) is 13.8 Å². The fraction of sp³-hybridized carbons (Fsp3) is 0.875. The van der Waals surface area contributed by atoms with E-state index in [1.54, 1.807) is 4.90 Å². The van der Waals surface area contributed by atoms with Crippen molar-refractivity contribution in [1.29, 1.82) is 0 Å². The maximum absolute atomic E-state index is 11.0. The molecule has 3 nitrogen and oxygen atoms in total. The van der Waals surface area contributed by atoms with Crippen LogP contribution in [0, 0.1) is 5.92 Å². The van der Waals surface area contributed by atoms with Crippen molar-refractivity contribution in [3.8, 4) is 0 Å². The summed E-state index contributed by atoms with van der Waals surface area (Å²) >= 11 is 0. The smallest absolute Gasteiger partial charge is 0.236 e. The van der Waals surface area contributed by atoms with Gasteiger partial charge in [-0.3, -0.25) is 4.79 Å². The van der Waals surface area contributed by atoms with Crippen LogP contribution in [0.25, 0.3) is 0 Å². The zero-order valence-electron chi connectivity index (χ0n) is 7.42. The summed E-state index contributed by atoms with van der Waals surface area (Å²) in [6, 6.07) is 0.470. The SMILES string of the molecule is CC(C)C1CN(C)C(=O)CN1. The minimum atomic E-state index is 0.196. The van der Waals surface area contributed by atoms with Gasteiger partial charge in [0.1, 0.15) is 0 Å². The van der Waals surface area contributed by atoms with Gasteiger partial charge >= 0.3 is 0 Å². The van der Waals surface area contributed by atoms with Crippen molar-refractivity contribution in [2.24, 2.45) is 5.92 Å². The summed E-state index contributed by atoms with van der Waals surface area (Å²) in [5.74, 6) is 0.799. The second-order valence-electron chi connectivity index (χ2n) is 3.51. The largest absolute Gasteiger partial charge is 0.343 e. The van der Waals surface area contributed by atoms with Crippen LogP contribution < -0.4 is 5.32 Å². The number of hydrogen-bond acceptors (Lipinski definition) is 2. The van der Waals surface area contributed by atoms with Gasteiger partial charge in [-0.2, -0.15) is 0 Å². The molecule has 1 aliphatic heterocycles. The lowest BCUT2D eigenvalue weighted by Gasteiger charge is -2.32. The van der Waals surface area contributed by atoms with Gasteiger partial charge in [-0.15, -0.1) is 0 Å². The fourth-order valence-electron chi connectivity index (χ4n) is 1.26. The molecular weight excluding hydrogens is 140 g/mol. The molecule has 3 heteroatoms. The molecule has 0 spiro atoms. The van der Waals surface area contributed by atoms with Crippen molar-refractivity contribution in [2.75, 3.05) is 20.1 Å². The Bertz CT molecular complexity index is 156. The molecule has 1 amide bonds. The molecule has 0 aromatic carbocycles. The molecule has 1 atom stereocenters. The van der Waals surface area contributed by atoms with E-state index in [0.717, 1.165) is 6.54 Å². The summed E-state index contributed by atoms with van der Waals surface area (Å²) in [6.45, 7) is 5.68. The average Bonchev–Trinajstić information content (AvgIpc) is 1.94. The van der Waals surface area contributed by atoms with Gasteiger partial charge in [0.05, 0.1) is 6.54 Å². The van der Waals surface area contributed by atoms with Crippen molar-refractivity contribution in [1.82, 2.24) is 10.2 Å². The topological polar surface area (TPSA) is 32.3 Å². The molecule has 11 heavy (non-hydrogen) atoms. The Labute approximate surface area is 67.8 Å². The van der Waals surface area contributed by atoms with E-state index in [4.69, 9.17) is 0 Å². The standard InChI is InChI=1S/C8H16N2O/c1-6(2)7-5-10(3)8(11)4-9-7/h6-7,9H,4-5H2,1-3H3. The third kappa shape index (κ3) is 1.93. The number of hydrogen-bond donors (Lipinski definition) is 1. The highest BCUT2D eigenvalue weighted by molar-refractivity contribution is 5.78. The van der Waals surface area contributed by atoms with Gasteiger partial charge in [0.2, 0.25) is 5.91 Å². The van der Waals surface area contributed by atoms with Crippen LogP contribution in [0.2, 0.25) is 0 Å². The monoisotopic (exact) mass is 156 g/mol. The second kappa shape index (κ2) is 3.22. The molecule has 0 aromatic rings. The van der Waals surface area contributed by atoms with E-state index in [1.165, 1.54) is 0 Å². The van der Waals surface area contributed by atoms with Gasteiger partial charge in [-0.25, -0.2) is 0 Å². The second-order valence-corrected chi connectivity index (χ2v) is 3.51. The lowest BCUT2D eigenvalue weighted by Crippen LogP contribution is -2.54. The molecule has 1 N–H and O–H groups in total. The van der Waals surface area contributed by atoms with Crippen molar-refractivity contribution < 1.29 is 4.79 Å². The van der Waals surface area contributed by atoms with Gasteiger partial charge in [0, 0.05) is 19.6 Å². The summed E-state index contributed by atoms with van der Waals surface area (Å²) in [6.07, 6.45) is 0. The van der Waals surface area contributed by atoms with Crippen LogP contribution in [0.15, 0.2) is 0 Å². The van der Waals surface area contributed by atoms with Crippen LogP contribution in [0.3, 0.4) is 0 Å². The molecule has 1 unspecified atom stereocenters. The number of nitrogens with zero attached hydrogens (tertiary/aromatic N) is 1. The van der Waals surface area contributed by atoms with Crippen LogP contribution in [0.5, 0.6) is 0 Å². The Morgan fingerprint density at radius 2 is 2.27 bits per heavy atom. The summed E-state index contributed by atoms with van der Waals surface area (Å²) in [5.41, 5.74) is 0. The van der Waals surface area contributed by atoms with E-state index >= 15 is 0 Å². The fourth-order valence-corrected chi connectivity index (χ4v) is 1.26. The summed E-state index contributed by atoms with van der Waals surface area (Å²) in [5, 5.41) is 3.21. The van der Waals surface area contributed by atoms with Crippen LogP contribution in [0.4, 0.5) is 0 Å². The maximum atomic E-state index is 11.0. The molecule has 1 heterocycles. The number of rotatable bonds is 1. The maximum Gasteiger partial charge on any atom is 0.236 e. The molecule has 64 valence electrons. The number of carbonyl (C=O) groups is 1. The first-order valence-electron chi connectivity index (χ1n) is 4.08. The molecule has 1 fully saturated rings. The molecule has 0 saturated carbocycles. The molecule has 1 aliphatic rings. The van der Waals surface area contributed by atoms with Crippen LogP contribution in [-0.4, -0.2) is 37.0 Å². The molecular formula is C8H16N2O. The minimum Gasteiger partial charge on any atom is -0.343 e. The first kappa shape index (κ1) is 8.53. The van der Waals surface area contributed by atoms with Crippen molar-refractivity contribution >= 4 is 5.91 Å². The Hall–Kier alpha value is -0.570. The molecule has 1 rings (SSSR count). The van der Waals surface area contributed by atoms with Crippen LogP contribution in [0.1, 0.15) is 13.8 Å². The number of likely N-dealkylation sites (N-methyl/N-ethyl adjacent to an activating group) is 1. The number of carbonyl (C=O) groups excluding carboxylic acids is 1. The quantitative estimate of drug-likeness (QED) is 0.583. The highest BCUT2D eigenvalue weighted by Crippen LogP contribution is 2.06. The molecule has 1 saturated heterocycles. The minimum absolute atomic E-state index is 0.196. The molecule has 0 aliphatic carbocycles. The van der Waals surface area contributed by atoms with E-state index in [-0.39, 0.29) is 5.91 Å². The third-order valence-electron chi connectivity index (χ3n) is 2.22. The first-order chi connectivity index (χ1) is 5.11. The lowest BCUT2D eigenvalue weighted by atomic mass is 10.0. The number of nitrogens with one attached hydrogen (secondary N) is 1. The van der Waals surface area contributed by atoms with Crippen molar-refractivity contribution in [3.63, 3.8) is 0 Å². The normalized spacial score (nSPS) is 26.4. The van der Waals surface area contributed by atoms with E-state index < -0.39 is 0 Å². The Morgan fingerprint density at radius 1 is 1.64 bits per heavy atom. The highest BCUT2D eigenvalue weighted by atomic mass is 16.2. The molecule has 0 aromatic heterocycles. The van der Waals surface area contributed by atoms with E-state index in [1.807, 2.05) is 7.05 Å². The predicted octanol–water partition coefficient (Wildman–Crippen LogP) is 0.0726. The molecule has 0 radical (unpaired) electrons. The van der Waals surface area contributed by atoms with E-state index in [0.29, 0.717) is 18.5 Å². The number of piperazine rings is 1. The van der Waals surface area contributed by atoms with Crippen LogP contribution in [-0.2, 0) is 4.79 Å². The highest BCUT2D eigenvalue weighted by Gasteiger charge is 2.23. The predicted molar refractivity (Wildman–Crippen MR) is 44.3 cm³/mol. The van der Waals surface area contributed by atoms with Gasteiger partial charge in [-0.05, 0) is 5.92 Å². The van der Waals surface area contributed by atoms with Gasteiger partial charge < -0.3 is 10.2 Å². The Kier molecular flexibility index (Phi) is 2.49. The van der Waals surface area contributed by atoms with Gasteiger partial charge in [0.15, 0.2) is 0 Å². The Morgan fingerprint density at radius 3 is 2.73 bits per heavy atom. The van der Waals surface area contributed by atoms with E-state index in [9.17, 15) is 4.79 Å². The zero-order valence-corrected chi connectivity index (χ0v) is 7.42. The van der Waals surface area contributed by atoms with Crippen LogP contribution >= 0.6 is 0 Å². The lowest BCUT2D eigenvalue weighted by molar-refractivity contribution is -0.131. The average molecular weight is 156 g/mol. The van der Waals surface area contributed by atoms with E-state index in [2.05, 4.69) is 19.2 Å². The number of amides is 1. The first-order valence-corrected chi connectivity index (χ1v) is 4.08. The summed E-state index contributed by atoms with van der Waals surface area (Å²) in [4.78, 5) is 12.8. The van der Waals surface area contributed by atoms with Crippen molar-refractivity contribution in [2.45, 2.75) is 19.9 Å². The zero-order chi connectivity index (χ0) is 8.43. The third-order valence-corrected chi connectivity index (χ3v) is 2.22.